The third kappa shape index (κ3) is 63.3. The Hall–Kier alpha value is -3.41. The molecule has 0 heterocycles. The number of rotatable bonds is 60. The predicted octanol–water partition coefficient (Wildman–Crippen LogP) is 22.7. The first-order chi connectivity index (χ1) is 38.0. The summed E-state index contributed by atoms with van der Waals surface area (Å²) in [4.78, 5) is 38.4. The summed E-state index contributed by atoms with van der Waals surface area (Å²) < 4.78 is 16.9. The molecule has 0 fully saturated rings. The minimum Gasteiger partial charge on any atom is -0.462 e. The van der Waals surface area contributed by atoms with E-state index >= 15 is 0 Å². The van der Waals surface area contributed by atoms with Crippen molar-refractivity contribution in [2.24, 2.45) is 0 Å². The largest absolute Gasteiger partial charge is 0.462 e. The average molecular weight is 1070 g/mol. The quantitative estimate of drug-likeness (QED) is 0.0261. The molecule has 444 valence electrons. The fraction of sp³-hybridized carbons (Fsp3) is 0.761. The van der Waals surface area contributed by atoms with Crippen LogP contribution >= 0.6 is 0 Å². The Kier molecular flexibility index (Phi) is 62.2. The van der Waals surface area contributed by atoms with Gasteiger partial charge in [-0.2, -0.15) is 0 Å². The van der Waals surface area contributed by atoms with Gasteiger partial charge in [-0.25, -0.2) is 0 Å². The standard InChI is InChI=1S/C71H124O6/c1-4-7-10-13-16-19-22-25-28-30-32-33-34-35-36-37-39-40-43-46-49-52-55-58-61-64-70(73)76-67-68(66-75-69(72)63-60-57-54-51-48-45-42-27-24-21-18-15-12-9-6-3)77-71(74)65-62-59-56-53-50-47-44-41-38-31-29-26-23-20-17-14-11-8-5-2/h7,10,16,18-19,21,25-29,32-33,42,68H,4-6,8-9,11-15,17,20,22-24,30-31,34-41,43-67H2,1-3H3/b10-7-,19-16-,21-18-,28-25-,29-26-,33-32-,42-27-. The number of carbonyl (C=O) groups is 3. The molecule has 77 heavy (non-hydrogen) atoms. The molecule has 0 aromatic heterocycles. The van der Waals surface area contributed by atoms with Crippen LogP contribution in [0, 0.1) is 0 Å². The van der Waals surface area contributed by atoms with Crippen LogP contribution in [0.3, 0.4) is 0 Å². The molecule has 0 bridgehead atoms. The molecule has 0 radical (unpaired) electrons. The second-order valence-electron chi connectivity index (χ2n) is 22.0. The Labute approximate surface area is 477 Å². The predicted molar refractivity (Wildman–Crippen MR) is 334 cm³/mol. The van der Waals surface area contributed by atoms with Gasteiger partial charge in [0.15, 0.2) is 6.10 Å². The van der Waals surface area contributed by atoms with E-state index < -0.39 is 6.10 Å². The number of allylic oxidation sites excluding steroid dienone is 14. The fourth-order valence-corrected chi connectivity index (χ4v) is 9.40. The molecule has 0 aromatic rings. The summed E-state index contributed by atoms with van der Waals surface area (Å²) in [6.07, 6.45) is 85.9. The highest BCUT2D eigenvalue weighted by atomic mass is 16.6. The molecule has 0 aliphatic carbocycles. The fourth-order valence-electron chi connectivity index (χ4n) is 9.40. The van der Waals surface area contributed by atoms with Gasteiger partial charge in [-0.05, 0) is 116 Å². The van der Waals surface area contributed by atoms with E-state index in [9.17, 15) is 14.4 Å². The van der Waals surface area contributed by atoms with Crippen LogP contribution in [0.4, 0.5) is 0 Å². The monoisotopic (exact) mass is 1070 g/mol. The van der Waals surface area contributed by atoms with Crippen molar-refractivity contribution in [2.75, 3.05) is 13.2 Å². The van der Waals surface area contributed by atoms with Gasteiger partial charge in [-0.1, -0.05) is 279 Å². The van der Waals surface area contributed by atoms with E-state index in [1.807, 2.05) is 0 Å². The Bertz CT molecular complexity index is 1470. The van der Waals surface area contributed by atoms with Crippen molar-refractivity contribution in [1.29, 1.82) is 0 Å². The van der Waals surface area contributed by atoms with Crippen molar-refractivity contribution in [1.82, 2.24) is 0 Å². The number of esters is 3. The number of carbonyl (C=O) groups excluding carboxylic acids is 3. The average Bonchev–Trinajstić information content (AvgIpc) is 3.43. The minimum absolute atomic E-state index is 0.0810. The van der Waals surface area contributed by atoms with E-state index in [0.717, 1.165) is 103 Å². The molecule has 1 atom stereocenters. The van der Waals surface area contributed by atoms with E-state index in [0.29, 0.717) is 19.3 Å². The SMILES string of the molecule is CC/C=C\C/C=C\C/C=C\C/C=C\CCCCCCCCCCCCCCC(=O)OCC(COC(=O)CCCCCCC/C=C\C/C=C\CCCCC)OC(=O)CCCCCCCCCCC/C=C\CCCCCCCC. The van der Waals surface area contributed by atoms with E-state index in [2.05, 4.69) is 106 Å². The molecule has 0 spiro atoms. The third-order valence-electron chi connectivity index (χ3n) is 14.4. The van der Waals surface area contributed by atoms with Gasteiger partial charge >= 0.3 is 17.9 Å². The number of hydrogen-bond acceptors (Lipinski definition) is 6. The van der Waals surface area contributed by atoms with Crippen LogP contribution in [0.5, 0.6) is 0 Å². The maximum absolute atomic E-state index is 12.9. The summed E-state index contributed by atoms with van der Waals surface area (Å²) >= 11 is 0. The lowest BCUT2D eigenvalue weighted by Crippen LogP contribution is -2.30. The molecular formula is C71H124O6. The van der Waals surface area contributed by atoms with Gasteiger partial charge in [0, 0.05) is 19.3 Å². The second kappa shape index (κ2) is 65.1. The lowest BCUT2D eigenvalue weighted by Gasteiger charge is -2.18. The summed E-state index contributed by atoms with van der Waals surface area (Å²) in [5, 5.41) is 0. The zero-order valence-corrected chi connectivity index (χ0v) is 51.0. The topological polar surface area (TPSA) is 78.9 Å². The molecule has 0 rings (SSSR count). The van der Waals surface area contributed by atoms with Crippen LogP contribution in [-0.4, -0.2) is 37.2 Å². The van der Waals surface area contributed by atoms with E-state index in [1.54, 1.807) is 0 Å². The Morgan fingerprint density at radius 3 is 0.831 bits per heavy atom. The van der Waals surface area contributed by atoms with Crippen LogP contribution in [-0.2, 0) is 28.6 Å². The summed E-state index contributed by atoms with van der Waals surface area (Å²) in [5.74, 6) is -0.884. The smallest absolute Gasteiger partial charge is 0.306 e. The molecule has 6 heteroatoms. The molecule has 0 aliphatic rings. The zero-order chi connectivity index (χ0) is 55.7. The third-order valence-corrected chi connectivity index (χ3v) is 14.4. The van der Waals surface area contributed by atoms with Crippen molar-refractivity contribution in [3.8, 4) is 0 Å². The van der Waals surface area contributed by atoms with Gasteiger partial charge in [-0.3, -0.25) is 14.4 Å². The lowest BCUT2D eigenvalue weighted by molar-refractivity contribution is -0.167. The van der Waals surface area contributed by atoms with Crippen molar-refractivity contribution in [2.45, 2.75) is 335 Å². The molecule has 0 N–H and O–H groups in total. The number of ether oxygens (including phenoxy) is 3. The molecular weight excluding hydrogens is 949 g/mol. The maximum atomic E-state index is 12.9. The Morgan fingerprint density at radius 1 is 0.273 bits per heavy atom. The highest BCUT2D eigenvalue weighted by Gasteiger charge is 2.19. The normalized spacial score (nSPS) is 12.6. The van der Waals surface area contributed by atoms with E-state index in [4.69, 9.17) is 14.2 Å². The number of hydrogen-bond donors (Lipinski definition) is 0. The summed E-state index contributed by atoms with van der Waals surface area (Å²) in [6, 6.07) is 0. The zero-order valence-electron chi connectivity index (χ0n) is 51.0. The maximum Gasteiger partial charge on any atom is 0.306 e. The van der Waals surface area contributed by atoms with Crippen LogP contribution < -0.4 is 0 Å². The van der Waals surface area contributed by atoms with Gasteiger partial charge in [-0.15, -0.1) is 0 Å². The van der Waals surface area contributed by atoms with Gasteiger partial charge < -0.3 is 14.2 Å². The molecule has 1 unspecified atom stereocenters. The molecule has 0 saturated heterocycles. The molecule has 0 aliphatic heterocycles. The Balaban J connectivity index is 4.33. The van der Waals surface area contributed by atoms with Gasteiger partial charge in [0.25, 0.3) is 0 Å². The first-order valence-corrected chi connectivity index (χ1v) is 33.1. The summed E-state index contributed by atoms with van der Waals surface area (Å²) in [5.41, 5.74) is 0. The minimum atomic E-state index is -0.785. The molecule has 0 saturated carbocycles. The van der Waals surface area contributed by atoms with Gasteiger partial charge in [0.1, 0.15) is 13.2 Å². The van der Waals surface area contributed by atoms with Crippen molar-refractivity contribution in [3.05, 3.63) is 85.1 Å². The summed E-state index contributed by atoms with van der Waals surface area (Å²) in [7, 11) is 0. The Morgan fingerprint density at radius 2 is 0.506 bits per heavy atom. The molecule has 0 amide bonds. The molecule has 0 aromatic carbocycles. The molecule has 6 nitrogen and oxygen atoms in total. The van der Waals surface area contributed by atoms with Crippen LogP contribution in [0.1, 0.15) is 329 Å². The van der Waals surface area contributed by atoms with Crippen LogP contribution in [0.15, 0.2) is 85.1 Å². The van der Waals surface area contributed by atoms with Gasteiger partial charge in [0.2, 0.25) is 0 Å². The van der Waals surface area contributed by atoms with Crippen molar-refractivity contribution >= 4 is 17.9 Å². The first kappa shape index (κ1) is 73.6. The highest BCUT2D eigenvalue weighted by molar-refractivity contribution is 5.71. The van der Waals surface area contributed by atoms with Crippen molar-refractivity contribution in [3.63, 3.8) is 0 Å². The van der Waals surface area contributed by atoms with Crippen molar-refractivity contribution < 1.29 is 28.6 Å². The highest BCUT2D eigenvalue weighted by Crippen LogP contribution is 2.17. The van der Waals surface area contributed by atoms with E-state index in [-0.39, 0.29) is 31.1 Å². The van der Waals surface area contributed by atoms with Gasteiger partial charge in [0.05, 0.1) is 0 Å². The van der Waals surface area contributed by atoms with Crippen LogP contribution in [0.25, 0.3) is 0 Å². The second-order valence-corrected chi connectivity index (χ2v) is 22.0. The lowest BCUT2D eigenvalue weighted by atomic mass is 10.0. The van der Waals surface area contributed by atoms with E-state index in [1.165, 1.54) is 186 Å². The van der Waals surface area contributed by atoms with Crippen LogP contribution in [0.2, 0.25) is 0 Å². The first-order valence-electron chi connectivity index (χ1n) is 33.1. The number of unbranched alkanes of at least 4 members (excludes halogenated alkanes) is 35. The summed E-state index contributed by atoms with van der Waals surface area (Å²) in [6.45, 7) is 6.52.